The number of benzene rings is 6. The topological polar surface area (TPSA) is 39.2 Å². The predicted molar refractivity (Wildman–Crippen MR) is 244 cm³/mol. The normalized spacial score (nSPS) is 16.9. The van der Waals surface area contributed by atoms with Crippen LogP contribution in [-0.4, -0.2) is 0 Å². The average Bonchev–Trinajstić information content (AvgIpc) is 3.73. The van der Waals surface area contributed by atoms with Gasteiger partial charge in [-0.15, -0.1) is 0 Å². The van der Waals surface area contributed by atoms with E-state index in [-0.39, 0.29) is 11.3 Å². The quantitative estimate of drug-likeness (QED) is 0.136. The third-order valence-electron chi connectivity index (χ3n) is 12.3. The lowest BCUT2D eigenvalue weighted by atomic mass is 9.77. The number of nitrogen functional groups attached to an aromatic ring is 1. The molecule has 0 radical (unpaired) electrons. The monoisotopic (exact) mass is 739 g/mol. The second-order valence-corrected chi connectivity index (χ2v) is 16.2. The highest BCUT2D eigenvalue weighted by atomic mass is 16.3. The summed E-state index contributed by atoms with van der Waals surface area (Å²) in [5.74, 6) is 0.287. The largest absolute Gasteiger partial charge is 0.456 e. The molecule has 10 rings (SSSR count). The van der Waals surface area contributed by atoms with Crippen molar-refractivity contribution in [1.29, 1.82) is 0 Å². The lowest BCUT2D eigenvalue weighted by molar-refractivity contribution is 0.574. The molecule has 3 aliphatic rings. The number of rotatable bonds is 6. The first-order chi connectivity index (χ1) is 27.9. The molecule has 0 amide bonds. The lowest BCUT2D eigenvalue weighted by Crippen LogP contribution is -2.18. The van der Waals surface area contributed by atoms with Crippen LogP contribution in [0.3, 0.4) is 0 Å². The van der Waals surface area contributed by atoms with Gasteiger partial charge in [0.15, 0.2) is 0 Å². The van der Waals surface area contributed by atoms with E-state index in [2.05, 4.69) is 160 Å². The van der Waals surface area contributed by atoms with Crippen LogP contribution >= 0.6 is 0 Å². The van der Waals surface area contributed by atoms with Crippen molar-refractivity contribution in [3.8, 4) is 11.1 Å². The number of hydrogen-bond donors (Lipinski definition) is 1. The van der Waals surface area contributed by atoms with Gasteiger partial charge in [-0.3, -0.25) is 0 Å². The highest BCUT2D eigenvalue weighted by Gasteiger charge is 2.38. The Morgan fingerprint density at radius 2 is 1.53 bits per heavy atom. The molecule has 2 heteroatoms. The molecule has 1 atom stereocenters. The fourth-order valence-corrected chi connectivity index (χ4v) is 9.33. The maximum atomic E-state index is 6.32. The number of fused-ring (bicyclic) bond motifs is 6. The van der Waals surface area contributed by atoms with Crippen LogP contribution in [0.15, 0.2) is 174 Å². The Bertz CT molecular complexity index is 2750. The fraction of sp³-hybridized carbons (Fsp3) is 0.164. The van der Waals surface area contributed by atoms with Gasteiger partial charge in [0.2, 0.25) is 0 Å². The minimum absolute atomic E-state index is 0.209. The molecule has 0 saturated carbocycles. The molecule has 0 fully saturated rings. The van der Waals surface area contributed by atoms with Gasteiger partial charge in [0, 0.05) is 27.8 Å². The minimum Gasteiger partial charge on any atom is -0.456 e. The summed E-state index contributed by atoms with van der Waals surface area (Å²) in [6, 6.07) is 47.3. The summed E-state index contributed by atoms with van der Waals surface area (Å²) >= 11 is 0. The zero-order valence-corrected chi connectivity index (χ0v) is 33.0. The summed E-state index contributed by atoms with van der Waals surface area (Å²) < 4.78 is 6.32. The Kier molecular flexibility index (Phi) is 9.72. The van der Waals surface area contributed by atoms with Crippen LogP contribution in [0.4, 0.5) is 5.69 Å². The first-order valence-corrected chi connectivity index (χ1v) is 20.4. The summed E-state index contributed by atoms with van der Waals surface area (Å²) in [4.78, 5) is 0. The van der Waals surface area contributed by atoms with Gasteiger partial charge < -0.3 is 10.2 Å². The number of para-hydroxylation sites is 1. The van der Waals surface area contributed by atoms with Gasteiger partial charge in [-0.2, -0.15) is 0 Å². The maximum absolute atomic E-state index is 6.32. The Labute approximate surface area is 337 Å². The summed E-state index contributed by atoms with van der Waals surface area (Å²) in [7, 11) is 0. The molecular weight excluding hydrogens is 691 g/mol. The van der Waals surface area contributed by atoms with E-state index in [0.717, 1.165) is 39.8 Å². The number of allylic oxidation sites excluding steroid dienone is 7. The molecule has 0 saturated heterocycles. The van der Waals surface area contributed by atoms with Gasteiger partial charge in [-0.05, 0) is 124 Å². The SMILES string of the molecule is C=C/C=C(\C=C/c1ccc(-c2cc3oc4ccccc4c3cc2C2C=Cc3ccccc3C2)cc1)c1ccccc1.CC1(C)C2=C(CCCC2)c2ccc(N)cc21. The fourth-order valence-electron chi connectivity index (χ4n) is 9.33. The van der Waals surface area contributed by atoms with Crippen LogP contribution in [0.5, 0.6) is 0 Å². The van der Waals surface area contributed by atoms with E-state index in [1.165, 1.54) is 75.6 Å². The van der Waals surface area contributed by atoms with Gasteiger partial charge in [0.25, 0.3) is 0 Å². The summed E-state index contributed by atoms with van der Waals surface area (Å²) in [5.41, 5.74) is 25.0. The van der Waals surface area contributed by atoms with Gasteiger partial charge in [-0.1, -0.05) is 166 Å². The van der Waals surface area contributed by atoms with E-state index in [0.29, 0.717) is 0 Å². The van der Waals surface area contributed by atoms with Crippen LogP contribution in [-0.2, 0) is 11.8 Å². The second kappa shape index (κ2) is 15.3. The van der Waals surface area contributed by atoms with Crippen molar-refractivity contribution in [3.63, 3.8) is 0 Å². The third kappa shape index (κ3) is 7.02. The molecular formula is C55H49NO. The predicted octanol–water partition coefficient (Wildman–Crippen LogP) is 14.8. The molecule has 1 aromatic heterocycles. The second-order valence-electron chi connectivity index (χ2n) is 16.2. The van der Waals surface area contributed by atoms with Crippen molar-refractivity contribution in [3.05, 3.63) is 209 Å². The van der Waals surface area contributed by atoms with Gasteiger partial charge >= 0.3 is 0 Å². The van der Waals surface area contributed by atoms with Crippen molar-refractivity contribution in [2.75, 3.05) is 5.73 Å². The van der Waals surface area contributed by atoms with Crippen molar-refractivity contribution in [1.82, 2.24) is 0 Å². The van der Waals surface area contributed by atoms with Crippen LogP contribution in [0, 0.1) is 0 Å². The molecule has 6 aromatic carbocycles. The summed E-state index contributed by atoms with van der Waals surface area (Å²) in [5, 5.41) is 2.34. The molecule has 1 heterocycles. The van der Waals surface area contributed by atoms with Crippen molar-refractivity contribution in [2.45, 2.75) is 57.3 Å². The van der Waals surface area contributed by atoms with Gasteiger partial charge in [-0.25, -0.2) is 0 Å². The molecule has 3 aliphatic carbocycles. The highest BCUT2D eigenvalue weighted by molar-refractivity contribution is 6.06. The molecule has 0 spiro atoms. The minimum atomic E-state index is 0.209. The van der Waals surface area contributed by atoms with Crippen molar-refractivity contribution in [2.24, 2.45) is 0 Å². The van der Waals surface area contributed by atoms with E-state index < -0.39 is 0 Å². The molecule has 0 aliphatic heterocycles. The Balaban J connectivity index is 0.000000219. The van der Waals surface area contributed by atoms with Gasteiger partial charge in [0.05, 0.1) is 0 Å². The first kappa shape index (κ1) is 36.3. The lowest BCUT2D eigenvalue weighted by Gasteiger charge is -2.26. The summed E-state index contributed by atoms with van der Waals surface area (Å²) in [6.45, 7) is 8.59. The Morgan fingerprint density at radius 1 is 0.754 bits per heavy atom. The Morgan fingerprint density at radius 3 is 2.37 bits per heavy atom. The molecule has 7 aromatic rings. The zero-order valence-electron chi connectivity index (χ0n) is 33.0. The molecule has 0 bridgehead atoms. The van der Waals surface area contributed by atoms with Crippen molar-refractivity contribution < 1.29 is 4.42 Å². The van der Waals surface area contributed by atoms with E-state index in [9.17, 15) is 0 Å². The maximum Gasteiger partial charge on any atom is 0.136 e. The molecule has 1 unspecified atom stereocenters. The van der Waals surface area contributed by atoms with Crippen LogP contribution in [0.2, 0.25) is 0 Å². The third-order valence-corrected chi connectivity index (χ3v) is 12.3. The van der Waals surface area contributed by atoms with E-state index in [1.807, 2.05) is 30.4 Å². The standard InChI is InChI=1S/C40H30O.C15H19N/c1-2-10-29(30-11-4-3-5-12-30)20-17-28-18-21-32(22-19-28)37-27-40-38(35-15-8-9-16-39(35)41-40)26-36(37)34-24-23-31-13-6-7-14-33(31)25-34;1-15(2)13-6-4-3-5-11(13)12-8-7-10(16)9-14(12)15/h2-24,26-27,34H,1,25H2;7-9H,3-6,16H2,1-2H3/b20-17-,29-10+;. The molecule has 57 heavy (non-hydrogen) atoms. The van der Waals surface area contributed by atoms with Crippen LogP contribution in [0.1, 0.15) is 84.4 Å². The van der Waals surface area contributed by atoms with E-state index >= 15 is 0 Å². The molecule has 280 valence electrons. The first-order valence-electron chi connectivity index (χ1n) is 20.4. The highest BCUT2D eigenvalue weighted by Crippen LogP contribution is 2.52. The van der Waals surface area contributed by atoms with Gasteiger partial charge in [0.1, 0.15) is 11.2 Å². The summed E-state index contributed by atoms with van der Waals surface area (Å²) in [6.07, 6.45) is 19.1. The zero-order chi connectivity index (χ0) is 38.9. The Hall–Kier alpha value is -6.38. The molecule has 2 nitrogen and oxygen atoms in total. The smallest absolute Gasteiger partial charge is 0.136 e. The average molecular weight is 740 g/mol. The van der Waals surface area contributed by atoms with Crippen LogP contribution < -0.4 is 5.73 Å². The van der Waals surface area contributed by atoms with E-state index in [1.54, 1.807) is 11.1 Å². The van der Waals surface area contributed by atoms with Crippen LogP contribution in [0.25, 0.3) is 56.4 Å². The number of nitrogens with two attached hydrogens (primary N) is 1. The molecule has 2 N–H and O–H groups in total. The number of anilines is 1. The van der Waals surface area contributed by atoms with E-state index in [4.69, 9.17) is 10.2 Å². The number of hydrogen-bond acceptors (Lipinski definition) is 2. The number of furan rings is 1. The van der Waals surface area contributed by atoms with Crippen molar-refractivity contribution >= 4 is 50.9 Å².